The minimum atomic E-state index is -1.56. The van der Waals surface area contributed by atoms with E-state index in [1.54, 1.807) is 30.3 Å². The molecule has 5 N–H and O–H groups in total. The number of furan rings is 1. The third kappa shape index (κ3) is 2.65. The lowest BCUT2D eigenvalue weighted by Crippen LogP contribution is -2.24. The second-order valence-corrected chi connectivity index (χ2v) is 5.13. The molecular weight excluding hydrogens is 328 g/mol. The van der Waals surface area contributed by atoms with Crippen LogP contribution in [0, 0.1) is 0 Å². The van der Waals surface area contributed by atoms with Gasteiger partial charge in [0.05, 0.1) is 6.26 Å². The molecule has 2 heterocycles. The van der Waals surface area contributed by atoms with Crippen LogP contribution in [0.3, 0.4) is 0 Å². The van der Waals surface area contributed by atoms with Crippen molar-refractivity contribution in [2.45, 2.75) is 0 Å². The number of nitrogens with two attached hydrogens (primary N) is 1. The first-order chi connectivity index (χ1) is 11.9. The summed E-state index contributed by atoms with van der Waals surface area (Å²) in [5, 5.41) is 19.0. The lowest BCUT2D eigenvalue weighted by Gasteiger charge is -2.14. The summed E-state index contributed by atoms with van der Waals surface area (Å²) >= 11 is 0. The van der Waals surface area contributed by atoms with E-state index >= 15 is 0 Å². The van der Waals surface area contributed by atoms with Gasteiger partial charge >= 0.3 is 11.9 Å². The fraction of sp³-hybridized carbons (Fsp3) is 0. The van der Waals surface area contributed by atoms with Gasteiger partial charge in [0.2, 0.25) is 0 Å². The monoisotopic (exact) mass is 340 g/mol. The van der Waals surface area contributed by atoms with Crippen LogP contribution in [0.1, 0.15) is 20.7 Å². The average Bonchev–Trinajstić information content (AvgIpc) is 3.07. The number of aromatic carboxylic acids is 2. The molecule has 8 nitrogen and oxygen atoms in total. The minimum Gasteiger partial charge on any atom is -0.478 e. The molecule has 0 bridgehead atoms. The molecule has 3 aromatic rings. The van der Waals surface area contributed by atoms with E-state index in [1.807, 2.05) is 0 Å². The quantitative estimate of drug-likeness (QED) is 0.569. The molecule has 8 heteroatoms. The number of pyridine rings is 1. The number of hydrogen-bond acceptors (Lipinski definition) is 5. The van der Waals surface area contributed by atoms with Gasteiger partial charge in [-0.3, -0.25) is 4.79 Å². The van der Waals surface area contributed by atoms with E-state index in [4.69, 9.17) is 10.2 Å². The Morgan fingerprint density at radius 1 is 0.960 bits per heavy atom. The Morgan fingerprint density at radius 3 is 2.16 bits per heavy atom. The number of aromatic nitrogens is 1. The summed E-state index contributed by atoms with van der Waals surface area (Å²) in [6, 6.07) is 9.67. The molecule has 1 aromatic carbocycles. The van der Waals surface area contributed by atoms with E-state index in [9.17, 15) is 24.6 Å². The van der Waals surface area contributed by atoms with Crippen LogP contribution < -0.4 is 11.3 Å². The molecule has 3 rings (SSSR count). The van der Waals surface area contributed by atoms with Crippen LogP contribution in [0.25, 0.3) is 22.5 Å². The minimum absolute atomic E-state index is 0.213. The molecule has 25 heavy (non-hydrogen) atoms. The predicted molar refractivity (Wildman–Crippen MR) is 88.5 cm³/mol. The van der Waals surface area contributed by atoms with Crippen molar-refractivity contribution in [3.63, 3.8) is 0 Å². The van der Waals surface area contributed by atoms with Gasteiger partial charge in [-0.05, 0) is 17.7 Å². The first-order valence-corrected chi connectivity index (χ1v) is 7.07. The Kier molecular flexibility index (Phi) is 3.86. The number of anilines is 1. The van der Waals surface area contributed by atoms with Crippen molar-refractivity contribution < 1.29 is 24.2 Å². The lowest BCUT2D eigenvalue weighted by molar-refractivity contribution is 0.0695. The summed E-state index contributed by atoms with van der Waals surface area (Å²) in [7, 11) is 0. The normalized spacial score (nSPS) is 10.6. The predicted octanol–water partition coefficient (Wildman–Crippen LogP) is 2.28. The van der Waals surface area contributed by atoms with Gasteiger partial charge in [-0.1, -0.05) is 24.3 Å². The SMILES string of the molecule is Nc1[nH]c(=O)c(C(=O)O)c(-c2ccccc2-c2ccco2)c1C(=O)O. The second kappa shape index (κ2) is 6.00. The molecule has 0 aliphatic heterocycles. The van der Waals surface area contributed by atoms with Crippen molar-refractivity contribution in [3.8, 4) is 22.5 Å². The van der Waals surface area contributed by atoms with Gasteiger partial charge in [-0.2, -0.15) is 0 Å². The maximum absolute atomic E-state index is 12.1. The Labute approximate surface area is 140 Å². The number of nitrogens with one attached hydrogen (secondary N) is 1. The molecule has 0 fully saturated rings. The van der Waals surface area contributed by atoms with Gasteiger partial charge in [0.15, 0.2) is 0 Å². The first-order valence-electron chi connectivity index (χ1n) is 7.07. The third-order valence-corrected chi connectivity index (χ3v) is 3.66. The van der Waals surface area contributed by atoms with Gasteiger partial charge in [-0.15, -0.1) is 0 Å². The number of nitrogen functional groups attached to an aromatic ring is 1. The molecule has 0 unspecified atom stereocenters. The van der Waals surface area contributed by atoms with Crippen LogP contribution >= 0.6 is 0 Å². The van der Waals surface area contributed by atoms with E-state index in [2.05, 4.69) is 4.98 Å². The van der Waals surface area contributed by atoms with E-state index in [0.29, 0.717) is 11.3 Å². The van der Waals surface area contributed by atoms with Crippen LogP contribution in [0.15, 0.2) is 51.9 Å². The Bertz CT molecular complexity index is 1030. The molecule has 0 amide bonds. The van der Waals surface area contributed by atoms with Gasteiger partial charge in [0, 0.05) is 11.1 Å². The van der Waals surface area contributed by atoms with Crippen LogP contribution in [-0.4, -0.2) is 27.1 Å². The zero-order valence-corrected chi connectivity index (χ0v) is 12.6. The molecule has 0 saturated heterocycles. The fourth-order valence-electron chi connectivity index (χ4n) is 2.66. The van der Waals surface area contributed by atoms with Gasteiger partial charge < -0.3 is 25.3 Å². The van der Waals surface area contributed by atoms with Crippen LogP contribution in [0.2, 0.25) is 0 Å². The van der Waals surface area contributed by atoms with Crippen molar-refractivity contribution >= 4 is 17.8 Å². The molecule has 2 aromatic heterocycles. The largest absolute Gasteiger partial charge is 0.478 e. The Morgan fingerprint density at radius 2 is 1.60 bits per heavy atom. The number of carboxylic acid groups (broad SMARTS) is 2. The molecule has 0 atom stereocenters. The third-order valence-electron chi connectivity index (χ3n) is 3.66. The Balaban J connectivity index is 2.49. The number of carbonyl (C=O) groups is 2. The highest BCUT2D eigenvalue weighted by molar-refractivity contribution is 6.09. The van der Waals surface area contributed by atoms with Crippen LogP contribution in [0.5, 0.6) is 0 Å². The smallest absolute Gasteiger partial charge is 0.342 e. The van der Waals surface area contributed by atoms with Crippen LogP contribution in [-0.2, 0) is 0 Å². The van der Waals surface area contributed by atoms with Crippen molar-refractivity contribution in [1.29, 1.82) is 0 Å². The highest BCUT2D eigenvalue weighted by atomic mass is 16.4. The van der Waals surface area contributed by atoms with Crippen molar-refractivity contribution in [2.24, 2.45) is 0 Å². The van der Waals surface area contributed by atoms with Crippen molar-refractivity contribution in [1.82, 2.24) is 4.98 Å². The molecule has 0 aliphatic rings. The highest BCUT2D eigenvalue weighted by Crippen LogP contribution is 2.36. The van der Waals surface area contributed by atoms with Crippen LogP contribution in [0.4, 0.5) is 5.82 Å². The van der Waals surface area contributed by atoms with E-state index < -0.39 is 34.4 Å². The summed E-state index contributed by atoms with van der Waals surface area (Å²) < 4.78 is 5.33. The standard InChI is InChI=1S/C17H12N2O6/c18-14-12(16(21)22)11(13(17(23)24)15(20)19-14)9-5-2-1-4-8(9)10-6-3-7-25-10/h1-7H,(H,21,22)(H,23,24)(H3,18,19,20). The van der Waals surface area contributed by atoms with Crippen molar-refractivity contribution in [2.75, 3.05) is 5.73 Å². The number of carboxylic acids is 2. The highest BCUT2D eigenvalue weighted by Gasteiger charge is 2.28. The summed E-state index contributed by atoms with van der Waals surface area (Å²) in [6.45, 7) is 0. The summed E-state index contributed by atoms with van der Waals surface area (Å²) in [4.78, 5) is 37.5. The average molecular weight is 340 g/mol. The lowest BCUT2D eigenvalue weighted by atomic mass is 9.91. The number of aromatic amines is 1. The zero-order valence-electron chi connectivity index (χ0n) is 12.6. The maximum Gasteiger partial charge on any atom is 0.342 e. The van der Waals surface area contributed by atoms with E-state index in [-0.39, 0.29) is 11.1 Å². The summed E-state index contributed by atoms with van der Waals surface area (Å²) in [6.07, 6.45) is 1.43. The molecular formula is C17H12N2O6. The molecule has 0 aliphatic carbocycles. The molecule has 0 radical (unpaired) electrons. The number of hydrogen-bond donors (Lipinski definition) is 4. The van der Waals surface area contributed by atoms with Crippen molar-refractivity contribution in [3.05, 3.63) is 64.1 Å². The number of rotatable bonds is 4. The zero-order chi connectivity index (χ0) is 18.1. The van der Waals surface area contributed by atoms with E-state index in [1.165, 1.54) is 12.3 Å². The molecule has 0 spiro atoms. The van der Waals surface area contributed by atoms with Gasteiger partial charge in [0.25, 0.3) is 5.56 Å². The second-order valence-electron chi connectivity index (χ2n) is 5.13. The number of benzene rings is 1. The molecule has 126 valence electrons. The Hall–Kier alpha value is -3.81. The van der Waals surface area contributed by atoms with Gasteiger partial charge in [-0.25, -0.2) is 9.59 Å². The van der Waals surface area contributed by atoms with E-state index in [0.717, 1.165) is 0 Å². The maximum atomic E-state index is 12.1. The summed E-state index contributed by atoms with van der Waals surface area (Å²) in [5.74, 6) is -3.05. The summed E-state index contributed by atoms with van der Waals surface area (Å²) in [5.41, 5.74) is 3.84. The van der Waals surface area contributed by atoms with Gasteiger partial charge in [0.1, 0.15) is 22.7 Å². The fourth-order valence-corrected chi connectivity index (χ4v) is 2.66. The number of H-pyrrole nitrogens is 1. The first kappa shape index (κ1) is 16.1. The molecule has 0 saturated carbocycles. The topological polar surface area (TPSA) is 147 Å².